The van der Waals surface area contributed by atoms with Crippen LogP contribution in [0, 0.1) is 20.1 Å². The molecule has 0 amide bonds. The molecule has 0 radical (unpaired) electrons. The van der Waals surface area contributed by atoms with Crippen molar-refractivity contribution in [2.75, 3.05) is 0 Å². The van der Waals surface area contributed by atoms with Crippen LogP contribution in [0.25, 0.3) is 212 Å². The summed E-state index contributed by atoms with van der Waals surface area (Å²) < 4.78 is 4.38. The third-order valence-corrected chi connectivity index (χ3v) is 20.7. The van der Waals surface area contributed by atoms with Crippen molar-refractivity contribution in [2.45, 2.75) is 6.92 Å². The van der Waals surface area contributed by atoms with E-state index < -0.39 is 0 Å². The summed E-state index contributed by atoms with van der Waals surface area (Å²) in [4.78, 5) is 71.4. The Kier molecular flexibility index (Phi) is 17.1. The van der Waals surface area contributed by atoms with E-state index in [9.17, 15) is 6.57 Å². The van der Waals surface area contributed by atoms with E-state index in [0.29, 0.717) is 126 Å². The monoisotopic (exact) mass is 1470 g/mol. The molecule has 6 aromatic heterocycles. The van der Waals surface area contributed by atoms with Crippen LogP contribution in [0.1, 0.15) is 5.56 Å². The van der Waals surface area contributed by atoms with E-state index in [0.717, 1.165) is 93.7 Å². The molecule has 0 atom stereocenters. The fourth-order valence-corrected chi connectivity index (χ4v) is 15.2. The van der Waals surface area contributed by atoms with E-state index in [-0.39, 0.29) is 0 Å². The fourth-order valence-electron chi connectivity index (χ4n) is 15.2. The average Bonchev–Trinajstić information content (AvgIpc) is 1.57. The minimum absolute atomic E-state index is 0.291. The third kappa shape index (κ3) is 12.7. The molecule has 0 aliphatic carbocycles. The fraction of sp³-hybridized carbons (Fsp3) is 0.0101. The van der Waals surface area contributed by atoms with Gasteiger partial charge in [-0.2, -0.15) is 0 Å². The molecule has 0 N–H and O–H groups in total. The Morgan fingerprint density at radius 1 is 0.209 bits per heavy atom. The molecule has 0 unspecified atom stereocenters. The smallest absolute Gasteiger partial charge is 0.212 e. The number of nitrogens with zero attached hydrogens (tertiary/aromatic N) is 16. The molecule has 536 valence electrons. The predicted molar refractivity (Wildman–Crippen MR) is 457 cm³/mol. The lowest BCUT2D eigenvalue weighted by Gasteiger charge is -2.21. The van der Waals surface area contributed by atoms with Gasteiger partial charge in [-0.3, -0.25) is 0 Å². The van der Waals surface area contributed by atoms with Crippen LogP contribution >= 0.6 is 0 Å². The quantitative estimate of drug-likeness (QED) is 0.0890. The zero-order chi connectivity index (χ0) is 76.9. The summed E-state index contributed by atoms with van der Waals surface area (Å²) in [5.41, 5.74) is 16.5. The van der Waals surface area contributed by atoms with E-state index >= 15 is 0 Å². The SMILES string of the molecule is [C-]#[N+]c1cc(-n2c3cc(-c4nc(-c5ccccc5)nc(-c5ccccc5)n4)ccc3c3ccc(-c4nc(-c5ccccc5)nc(-c5ccccc5)n4)cc32)c(-c2c(C)cccc2[N+]#[C-])cc1-n1c2cc(-c3nc(-c4ccccc4)nc(-c4ccccc4)n3)ccc2c2ccc(-c3nc(-c4ccccc4)nc(-c4ccccc4)n3)cc21. The topological polar surface area (TPSA) is 173 Å². The van der Waals surface area contributed by atoms with Crippen LogP contribution in [-0.4, -0.2) is 68.9 Å². The Morgan fingerprint density at radius 2 is 0.435 bits per heavy atom. The second-order valence-electron chi connectivity index (χ2n) is 27.8. The van der Waals surface area contributed by atoms with Gasteiger partial charge < -0.3 is 9.13 Å². The summed E-state index contributed by atoms with van der Waals surface area (Å²) in [6, 6.07) is 114. The standard InChI is InChI=1S/C99H60N16/c1-61-29-28-46-79(100-2)87(61)78-59-86(115-83-57-72(98-110-92(66-38-20-8-21-39-66)104-93(111-98)67-40-22-9-23-41-67)49-53-76(83)77-54-50-73(58-84(77)115)99-112-94(68-42-24-10-25-43-68)105-95(113-99)69-44-26-11-27-45-69)80(101-3)60-85(78)114-81-55-70(96-106-88(62-30-12-4-13-31-62)102-89(107-96)63-32-14-5-15-33-63)47-51-74(81)75-52-48-71(56-82(75)114)97-108-90(64-34-16-6-17-35-64)103-91(109-97)65-36-18-7-19-37-65/h4-60H,1H3. The summed E-state index contributed by atoms with van der Waals surface area (Å²) in [6.07, 6.45) is 0. The Bertz CT molecular complexity index is 6680. The minimum Gasteiger partial charge on any atom is -0.319 e. The van der Waals surface area contributed by atoms with Gasteiger partial charge in [0.05, 0.1) is 40.9 Å². The van der Waals surface area contributed by atoms with Gasteiger partial charge in [-0.15, -0.1) is 0 Å². The number of aromatic nitrogens is 14. The predicted octanol–water partition coefficient (Wildman–Crippen LogP) is 23.7. The Labute approximate surface area is 660 Å². The number of hydrogen-bond acceptors (Lipinski definition) is 12. The van der Waals surface area contributed by atoms with E-state index in [2.05, 4.69) is 97.7 Å². The Hall–Kier alpha value is -16.3. The lowest BCUT2D eigenvalue weighted by molar-refractivity contribution is 1.07. The highest BCUT2D eigenvalue weighted by atomic mass is 15.1. The zero-order valence-electron chi connectivity index (χ0n) is 61.6. The molecule has 0 aliphatic rings. The average molecular weight is 1470 g/mol. The largest absolute Gasteiger partial charge is 0.319 e. The van der Waals surface area contributed by atoms with Gasteiger partial charge in [0.2, 0.25) is 5.69 Å². The lowest BCUT2D eigenvalue weighted by Crippen LogP contribution is -2.04. The molecule has 0 saturated heterocycles. The van der Waals surface area contributed by atoms with Crippen LogP contribution < -0.4 is 0 Å². The number of hydrogen-bond donors (Lipinski definition) is 0. The van der Waals surface area contributed by atoms with E-state index in [1.54, 1.807) is 0 Å². The van der Waals surface area contributed by atoms with Gasteiger partial charge >= 0.3 is 0 Å². The van der Waals surface area contributed by atoms with Gasteiger partial charge in [0.1, 0.15) is 0 Å². The molecular formula is C99H60N16. The first-order valence-corrected chi connectivity index (χ1v) is 37.5. The Morgan fingerprint density at radius 3 is 0.670 bits per heavy atom. The first-order chi connectivity index (χ1) is 56.8. The highest BCUT2D eigenvalue weighted by Crippen LogP contribution is 2.48. The van der Waals surface area contributed by atoms with Crippen LogP contribution in [0.3, 0.4) is 0 Å². The molecule has 16 heteroatoms. The lowest BCUT2D eigenvalue weighted by atomic mass is 9.95. The van der Waals surface area contributed by atoms with E-state index in [1.165, 1.54) is 0 Å². The molecule has 0 saturated carbocycles. The summed E-state index contributed by atoms with van der Waals surface area (Å²) in [6.45, 7) is 20.8. The first kappa shape index (κ1) is 68.0. The molecule has 16 nitrogen and oxygen atoms in total. The van der Waals surface area contributed by atoms with Gasteiger partial charge in [-0.1, -0.05) is 315 Å². The normalized spacial score (nSPS) is 11.3. The molecule has 20 rings (SSSR count). The van der Waals surface area contributed by atoms with Crippen molar-refractivity contribution < 1.29 is 0 Å². The van der Waals surface area contributed by atoms with Gasteiger partial charge in [0, 0.05) is 94.0 Å². The molecule has 20 aromatic rings. The van der Waals surface area contributed by atoms with Crippen molar-refractivity contribution in [3.05, 3.63) is 374 Å². The maximum atomic E-state index is 9.73. The number of benzene rings is 14. The molecule has 0 spiro atoms. The maximum absolute atomic E-state index is 9.73. The Balaban J connectivity index is 0.883. The van der Waals surface area contributed by atoms with Crippen molar-refractivity contribution in [1.29, 1.82) is 0 Å². The summed E-state index contributed by atoms with van der Waals surface area (Å²) >= 11 is 0. The van der Waals surface area contributed by atoms with Crippen molar-refractivity contribution in [3.63, 3.8) is 0 Å². The zero-order valence-corrected chi connectivity index (χ0v) is 61.6. The summed E-state index contributed by atoms with van der Waals surface area (Å²) in [5, 5.41) is 3.54. The van der Waals surface area contributed by atoms with Crippen molar-refractivity contribution in [1.82, 2.24) is 68.9 Å². The van der Waals surface area contributed by atoms with Gasteiger partial charge in [-0.05, 0) is 54.4 Å². The van der Waals surface area contributed by atoms with Crippen molar-refractivity contribution in [2.24, 2.45) is 0 Å². The van der Waals surface area contributed by atoms with Gasteiger partial charge in [0.15, 0.2) is 75.6 Å². The number of fused-ring (bicyclic) bond motifs is 6. The highest BCUT2D eigenvalue weighted by molar-refractivity contribution is 6.14. The first-order valence-electron chi connectivity index (χ1n) is 37.5. The van der Waals surface area contributed by atoms with Crippen LogP contribution in [0.5, 0.6) is 0 Å². The molecule has 0 fully saturated rings. The van der Waals surface area contributed by atoms with E-state index in [4.69, 9.17) is 66.4 Å². The highest BCUT2D eigenvalue weighted by Gasteiger charge is 2.28. The second-order valence-corrected chi connectivity index (χ2v) is 27.8. The van der Waals surface area contributed by atoms with Crippen LogP contribution in [-0.2, 0) is 0 Å². The van der Waals surface area contributed by atoms with Gasteiger partial charge in [0.25, 0.3) is 0 Å². The second kappa shape index (κ2) is 28.9. The number of rotatable bonds is 15. The van der Waals surface area contributed by atoms with Gasteiger partial charge in [-0.25, -0.2) is 69.5 Å². The molecular weight excluding hydrogens is 1410 g/mol. The maximum Gasteiger partial charge on any atom is 0.212 e. The van der Waals surface area contributed by atoms with Crippen LogP contribution in [0.15, 0.2) is 346 Å². The third-order valence-electron chi connectivity index (χ3n) is 20.7. The van der Waals surface area contributed by atoms with Crippen LogP contribution in [0.2, 0.25) is 0 Å². The van der Waals surface area contributed by atoms with Crippen molar-refractivity contribution in [3.8, 4) is 159 Å². The van der Waals surface area contributed by atoms with Crippen molar-refractivity contribution >= 4 is 55.0 Å². The molecule has 0 bridgehead atoms. The molecule has 0 aliphatic heterocycles. The summed E-state index contributed by atoms with van der Waals surface area (Å²) in [5.74, 6) is 5.87. The molecule has 14 aromatic carbocycles. The minimum atomic E-state index is 0.291. The summed E-state index contributed by atoms with van der Waals surface area (Å²) in [7, 11) is 0. The molecule has 115 heavy (non-hydrogen) atoms. The molecule has 6 heterocycles. The van der Waals surface area contributed by atoms with Crippen LogP contribution in [0.4, 0.5) is 11.4 Å². The number of aryl methyl sites for hydroxylation is 1. The van der Waals surface area contributed by atoms with E-state index in [1.807, 2.05) is 274 Å².